The molecule has 0 heterocycles. The van der Waals surface area contributed by atoms with Crippen molar-refractivity contribution in [3.8, 4) is 0 Å². The molecule has 0 amide bonds. The highest BCUT2D eigenvalue weighted by molar-refractivity contribution is 6.01. The Morgan fingerprint density at radius 2 is 1.32 bits per heavy atom. The predicted molar refractivity (Wildman–Crippen MR) is 81.1 cm³/mol. The minimum Gasteiger partial charge on any atom is -0.463 e. The molecule has 4 heteroatoms. The van der Waals surface area contributed by atoms with E-state index in [1.807, 2.05) is 0 Å². The van der Waals surface area contributed by atoms with Crippen LogP contribution in [-0.2, 0) is 9.53 Å². The fourth-order valence-corrected chi connectivity index (χ4v) is 2.17. The van der Waals surface area contributed by atoms with E-state index < -0.39 is 5.97 Å². The van der Waals surface area contributed by atoms with Crippen molar-refractivity contribution in [2.45, 2.75) is 13.8 Å². The zero-order valence-corrected chi connectivity index (χ0v) is 12.4. The van der Waals surface area contributed by atoms with Gasteiger partial charge in [-0.2, -0.15) is 0 Å². The minimum atomic E-state index is -0.453. The molecule has 114 valence electrons. The van der Waals surface area contributed by atoms with Gasteiger partial charge in [0.1, 0.15) is 11.6 Å². The van der Waals surface area contributed by atoms with Crippen LogP contribution in [0.3, 0.4) is 0 Å². The first-order valence-corrected chi connectivity index (χ1v) is 6.92. The average Bonchev–Trinajstić information content (AvgIpc) is 2.51. The first-order valence-electron chi connectivity index (χ1n) is 6.92. The van der Waals surface area contributed by atoms with Gasteiger partial charge in [0.15, 0.2) is 0 Å². The van der Waals surface area contributed by atoms with E-state index in [1.165, 1.54) is 24.3 Å². The predicted octanol–water partition coefficient (Wildman–Crippen LogP) is 4.35. The van der Waals surface area contributed by atoms with E-state index in [1.54, 1.807) is 38.1 Å². The molecule has 0 unspecified atom stereocenters. The van der Waals surface area contributed by atoms with Crippen LogP contribution in [0.25, 0.3) is 5.57 Å². The summed E-state index contributed by atoms with van der Waals surface area (Å²) in [5, 5.41) is 0. The zero-order valence-electron chi connectivity index (χ0n) is 12.4. The number of halogens is 2. The number of carbonyl (C=O) groups excluding carboxylic acids is 1. The maximum atomic E-state index is 13.1. The second-order valence-corrected chi connectivity index (χ2v) is 4.73. The summed E-state index contributed by atoms with van der Waals surface area (Å²) in [4.78, 5) is 12.0. The smallest absolute Gasteiger partial charge is 0.334 e. The summed E-state index contributed by atoms with van der Waals surface area (Å²) < 4.78 is 31.3. The van der Waals surface area contributed by atoms with E-state index in [0.717, 1.165) is 0 Å². The van der Waals surface area contributed by atoms with E-state index in [9.17, 15) is 13.6 Å². The first-order chi connectivity index (χ1) is 10.5. The summed E-state index contributed by atoms with van der Waals surface area (Å²) in [5.41, 5.74) is 2.32. The lowest BCUT2D eigenvalue weighted by atomic mass is 9.93. The van der Waals surface area contributed by atoms with Crippen molar-refractivity contribution in [2.75, 3.05) is 6.61 Å². The fourth-order valence-electron chi connectivity index (χ4n) is 2.17. The number of hydrogen-bond donors (Lipinski definition) is 0. The summed E-state index contributed by atoms with van der Waals surface area (Å²) in [6.07, 6.45) is 0. The Bertz CT molecular complexity index is 639. The van der Waals surface area contributed by atoms with Crippen LogP contribution in [0.15, 0.2) is 54.1 Å². The molecule has 2 rings (SSSR count). The number of esters is 1. The van der Waals surface area contributed by atoms with Crippen molar-refractivity contribution >= 4 is 11.5 Å². The van der Waals surface area contributed by atoms with Gasteiger partial charge in [-0.1, -0.05) is 24.3 Å². The highest BCUT2D eigenvalue weighted by Gasteiger charge is 2.15. The second-order valence-electron chi connectivity index (χ2n) is 4.73. The van der Waals surface area contributed by atoms with Gasteiger partial charge in [0.05, 0.1) is 6.61 Å². The number of ether oxygens (including phenoxy) is 1. The molecule has 0 saturated carbocycles. The van der Waals surface area contributed by atoms with Crippen LogP contribution < -0.4 is 0 Å². The zero-order chi connectivity index (χ0) is 16.1. The summed E-state index contributed by atoms with van der Waals surface area (Å²) >= 11 is 0. The Morgan fingerprint density at radius 1 is 0.909 bits per heavy atom. The topological polar surface area (TPSA) is 26.3 Å². The van der Waals surface area contributed by atoms with E-state index in [0.29, 0.717) is 22.3 Å². The highest BCUT2D eigenvalue weighted by atomic mass is 19.1. The number of carbonyl (C=O) groups is 1. The van der Waals surface area contributed by atoms with Crippen LogP contribution >= 0.6 is 0 Å². The minimum absolute atomic E-state index is 0.260. The normalized spacial score (nSPS) is 10.2. The molecule has 2 aromatic carbocycles. The van der Waals surface area contributed by atoms with Gasteiger partial charge < -0.3 is 4.74 Å². The van der Waals surface area contributed by atoms with Gasteiger partial charge in [-0.3, -0.25) is 0 Å². The Balaban J connectivity index is 2.58. The van der Waals surface area contributed by atoms with Crippen LogP contribution in [0.1, 0.15) is 25.0 Å². The van der Waals surface area contributed by atoms with Gasteiger partial charge in [0.2, 0.25) is 0 Å². The van der Waals surface area contributed by atoms with Gasteiger partial charge in [0, 0.05) is 5.57 Å². The standard InChI is InChI=1S/C18H16F2O2/c1-3-22-18(21)12(2)17(13-4-8-15(19)9-5-13)14-6-10-16(20)11-7-14/h4-11H,3H2,1-2H3. The molecule has 0 aliphatic rings. The molecule has 0 bridgehead atoms. The lowest BCUT2D eigenvalue weighted by Crippen LogP contribution is -2.08. The lowest BCUT2D eigenvalue weighted by Gasteiger charge is -2.13. The van der Waals surface area contributed by atoms with Crippen molar-refractivity contribution in [1.82, 2.24) is 0 Å². The Hall–Kier alpha value is -2.49. The van der Waals surface area contributed by atoms with Crippen molar-refractivity contribution in [2.24, 2.45) is 0 Å². The Labute approximate surface area is 128 Å². The van der Waals surface area contributed by atoms with Crippen LogP contribution in [0.5, 0.6) is 0 Å². The van der Waals surface area contributed by atoms with E-state index in [4.69, 9.17) is 4.74 Å². The summed E-state index contributed by atoms with van der Waals surface area (Å²) in [6.45, 7) is 3.62. The monoisotopic (exact) mass is 302 g/mol. The Kier molecular flexibility index (Phi) is 5.04. The largest absolute Gasteiger partial charge is 0.463 e. The third-order valence-electron chi connectivity index (χ3n) is 3.22. The van der Waals surface area contributed by atoms with Gasteiger partial charge >= 0.3 is 5.97 Å². The van der Waals surface area contributed by atoms with Crippen molar-refractivity contribution in [3.05, 3.63) is 76.9 Å². The van der Waals surface area contributed by atoms with Crippen LogP contribution in [0, 0.1) is 11.6 Å². The second kappa shape index (κ2) is 6.98. The molecule has 22 heavy (non-hydrogen) atoms. The summed E-state index contributed by atoms with van der Waals surface area (Å²) in [7, 11) is 0. The van der Waals surface area contributed by atoms with E-state index in [-0.39, 0.29) is 18.2 Å². The quantitative estimate of drug-likeness (QED) is 0.620. The number of hydrogen-bond acceptors (Lipinski definition) is 2. The van der Waals surface area contributed by atoms with Gasteiger partial charge in [-0.05, 0) is 54.8 Å². The third kappa shape index (κ3) is 3.58. The van der Waals surface area contributed by atoms with Crippen LogP contribution in [-0.4, -0.2) is 12.6 Å². The molecular formula is C18H16F2O2. The van der Waals surface area contributed by atoms with Crippen molar-refractivity contribution in [3.63, 3.8) is 0 Å². The molecular weight excluding hydrogens is 286 g/mol. The van der Waals surface area contributed by atoms with Gasteiger partial charge in [-0.15, -0.1) is 0 Å². The molecule has 0 N–H and O–H groups in total. The van der Waals surface area contributed by atoms with E-state index >= 15 is 0 Å². The Morgan fingerprint density at radius 3 is 1.68 bits per heavy atom. The molecule has 2 aromatic rings. The molecule has 0 saturated heterocycles. The number of rotatable bonds is 4. The van der Waals surface area contributed by atoms with Crippen LogP contribution in [0.2, 0.25) is 0 Å². The van der Waals surface area contributed by atoms with Gasteiger partial charge in [0.25, 0.3) is 0 Å². The van der Waals surface area contributed by atoms with Crippen molar-refractivity contribution < 1.29 is 18.3 Å². The maximum absolute atomic E-state index is 13.1. The maximum Gasteiger partial charge on any atom is 0.334 e. The molecule has 0 radical (unpaired) electrons. The SMILES string of the molecule is CCOC(=O)C(C)=C(c1ccc(F)cc1)c1ccc(F)cc1. The molecule has 0 aromatic heterocycles. The molecule has 0 aliphatic carbocycles. The van der Waals surface area contributed by atoms with Crippen LogP contribution in [0.4, 0.5) is 8.78 Å². The summed E-state index contributed by atoms with van der Waals surface area (Å²) in [5.74, 6) is -1.18. The molecule has 0 spiro atoms. The third-order valence-corrected chi connectivity index (χ3v) is 3.22. The first kappa shape index (κ1) is 15.9. The molecule has 0 atom stereocenters. The van der Waals surface area contributed by atoms with E-state index in [2.05, 4.69) is 0 Å². The molecule has 2 nitrogen and oxygen atoms in total. The van der Waals surface area contributed by atoms with Gasteiger partial charge in [-0.25, -0.2) is 13.6 Å². The van der Waals surface area contributed by atoms with Crippen molar-refractivity contribution in [1.29, 1.82) is 0 Å². The molecule has 0 fully saturated rings. The summed E-state index contributed by atoms with van der Waals surface area (Å²) in [6, 6.07) is 11.6. The molecule has 0 aliphatic heterocycles. The fraction of sp³-hybridized carbons (Fsp3) is 0.167. The average molecular weight is 302 g/mol. The lowest BCUT2D eigenvalue weighted by molar-refractivity contribution is -0.138. The number of benzene rings is 2. The highest BCUT2D eigenvalue weighted by Crippen LogP contribution is 2.28.